The molecule has 3 heterocycles. The van der Waals surface area contributed by atoms with Gasteiger partial charge in [0.25, 0.3) is 0 Å². The molecule has 1 aliphatic heterocycles. The van der Waals surface area contributed by atoms with E-state index in [1.165, 1.54) is 17.7 Å². The van der Waals surface area contributed by atoms with Crippen molar-refractivity contribution in [2.24, 2.45) is 5.92 Å². The number of aromatic nitrogens is 4. The van der Waals surface area contributed by atoms with Crippen LogP contribution in [0.1, 0.15) is 36.2 Å². The molecule has 0 bridgehead atoms. The van der Waals surface area contributed by atoms with Crippen LogP contribution >= 0.6 is 0 Å². The highest BCUT2D eigenvalue weighted by Crippen LogP contribution is 2.30. The molecular formula is C16H18N6. The summed E-state index contributed by atoms with van der Waals surface area (Å²) in [5.41, 5.74) is 3.14. The second kappa shape index (κ2) is 5.09. The normalized spacial score (nSPS) is 21.1. The van der Waals surface area contributed by atoms with Gasteiger partial charge in [0.15, 0.2) is 5.82 Å². The average molecular weight is 294 g/mol. The highest BCUT2D eigenvalue weighted by molar-refractivity contribution is 5.45. The van der Waals surface area contributed by atoms with E-state index in [0.717, 1.165) is 37.7 Å². The van der Waals surface area contributed by atoms with Gasteiger partial charge >= 0.3 is 0 Å². The molecule has 2 aromatic heterocycles. The highest BCUT2D eigenvalue weighted by Gasteiger charge is 2.31. The van der Waals surface area contributed by atoms with Gasteiger partial charge in [-0.25, -0.2) is 0 Å². The average Bonchev–Trinajstić information content (AvgIpc) is 2.94. The van der Waals surface area contributed by atoms with Crippen molar-refractivity contribution in [1.29, 1.82) is 5.26 Å². The third kappa shape index (κ3) is 2.23. The number of fused-ring (bicyclic) bond motifs is 1. The SMILES string of the molecule is CC1CCc2nnc(N3CC(n4cc(C#N)cn4)C3)cc2C1. The molecule has 112 valence electrons. The lowest BCUT2D eigenvalue weighted by Gasteiger charge is -2.40. The standard InChI is InChI=1S/C16H18N6/c1-11-2-3-15-13(4-11)5-16(20-19-15)21-9-14(10-21)22-8-12(6-17)7-18-22/h5,7-8,11,14H,2-4,9-10H2,1H3. The molecule has 0 spiro atoms. The molecule has 1 saturated heterocycles. The molecule has 0 aromatic carbocycles. The van der Waals surface area contributed by atoms with Gasteiger partial charge in [-0.2, -0.15) is 15.5 Å². The minimum Gasteiger partial charge on any atom is -0.351 e. The lowest BCUT2D eigenvalue weighted by Crippen LogP contribution is -2.48. The first kappa shape index (κ1) is 13.3. The minimum absolute atomic E-state index is 0.318. The van der Waals surface area contributed by atoms with E-state index < -0.39 is 0 Å². The summed E-state index contributed by atoms with van der Waals surface area (Å²) in [5.74, 6) is 1.71. The van der Waals surface area contributed by atoms with E-state index in [1.807, 2.05) is 10.9 Å². The van der Waals surface area contributed by atoms with Crippen LogP contribution in [-0.2, 0) is 12.8 Å². The van der Waals surface area contributed by atoms with E-state index in [9.17, 15) is 0 Å². The molecule has 2 aromatic rings. The van der Waals surface area contributed by atoms with Gasteiger partial charge in [-0.15, -0.1) is 5.10 Å². The van der Waals surface area contributed by atoms with E-state index >= 15 is 0 Å². The fourth-order valence-corrected chi connectivity index (χ4v) is 3.25. The van der Waals surface area contributed by atoms with E-state index in [1.54, 1.807) is 6.20 Å². The summed E-state index contributed by atoms with van der Waals surface area (Å²) in [6, 6.07) is 4.64. The van der Waals surface area contributed by atoms with Crippen molar-refractivity contribution in [1.82, 2.24) is 20.0 Å². The summed E-state index contributed by atoms with van der Waals surface area (Å²) in [7, 11) is 0. The number of rotatable bonds is 2. The quantitative estimate of drug-likeness (QED) is 0.843. The Morgan fingerprint density at radius 3 is 2.95 bits per heavy atom. The molecule has 1 unspecified atom stereocenters. The smallest absolute Gasteiger partial charge is 0.151 e. The topological polar surface area (TPSA) is 70.6 Å². The lowest BCUT2D eigenvalue weighted by molar-refractivity contribution is 0.364. The van der Waals surface area contributed by atoms with Gasteiger partial charge < -0.3 is 4.90 Å². The summed E-state index contributed by atoms with van der Waals surface area (Å²) in [6.07, 6.45) is 6.80. The maximum atomic E-state index is 8.86. The zero-order valence-corrected chi connectivity index (χ0v) is 12.6. The van der Waals surface area contributed by atoms with E-state index in [0.29, 0.717) is 11.6 Å². The van der Waals surface area contributed by atoms with E-state index in [2.05, 4.69) is 39.3 Å². The largest absolute Gasteiger partial charge is 0.351 e. The predicted octanol–water partition coefficient (Wildman–Crippen LogP) is 1.73. The molecule has 1 atom stereocenters. The Morgan fingerprint density at radius 2 is 2.18 bits per heavy atom. The second-order valence-corrected chi connectivity index (χ2v) is 6.40. The van der Waals surface area contributed by atoms with Crippen LogP contribution in [0, 0.1) is 17.2 Å². The van der Waals surface area contributed by atoms with Crippen LogP contribution in [0.2, 0.25) is 0 Å². The van der Waals surface area contributed by atoms with Crippen LogP contribution in [0.15, 0.2) is 18.5 Å². The van der Waals surface area contributed by atoms with Crippen molar-refractivity contribution < 1.29 is 0 Å². The molecule has 6 nitrogen and oxygen atoms in total. The first-order valence-corrected chi connectivity index (χ1v) is 7.77. The maximum Gasteiger partial charge on any atom is 0.151 e. The molecule has 6 heteroatoms. The molecule has 4 rings (SSSR count). The summed E-state index contributed by atoms with van der Waals surface area (Å²) < 4.78 is 1.88. The number of nitrogens with zero attached hydrogens (tertiary/aromatic N) is 6. The number of hydrogen-bond donors (Lipinski definition) is 0. The van der Waals surface area contributed by atoms with Crippen LogP contribution in [0.4, 0.5) is 5.82 Å². The Bertz CT molecular complexity index is 737. The zero-order chi connectivity index (χ0) is 15.1. The van der Waals surface area contributed by atoms with Crippen LogP contribution < -0.4 is 4.90 Å². The van der Waals surface area contributed by atoms with Gasteiger partial charge in [0.2, 0.25) is 0 Å². The lowest BCUT2D eigenvalue weighted by atomic mass is 9.88. The molecule has 0 radical (unpaired) electrons. The molecule has 1 fully saturated rings. The molecule has 0 amide bonds. The Kier molecular flexibility index (Phi) is 3.07. The van der Waals surface area contributed by atoms with Crippen LogP contribution in [-0.4, -0.2) is 33.1 Å². The van der Waals surface area contributed by atoms with Gasteiger partial charge in [0, 0.05) is 19.3 Å². The van der Waals surface area contributed by atoms with Gasteiger partial charge in [-0.1, -0.05) is 6.92 Å². The van der Waals surface area contributed by atoms with Gasteiger partial charge in [0.1, 0.15) is 6.07 Å². The first-order chi connectivity index (χ1) is 10.7. The Labute approximate surface area is 129 Å². The third-order valence-corrected chi connectivity index (χ3v) is 4.68. The van der Waals surface area contributed by atoms with Crippen LogP contribution in [0.25, 0.3) is 0 Å². The van der Waals surface area contributed by atoms with Gasteiger partial charge in [0.05, 0.1) is 23.5 Å². The van der Waals surface area contributed by atoms with Crippen LogP contribution in [0.3, 0.4) is 0 Å². The van der Waals surface area contributed by atoms with Crippen LogP contribution in [0.5, 0.6) is 0 Å². The number of anilines is 1. The van der Waals surface area contributed by atoms with E-state index in [4.69, 9.17) is 5.26 Å². The van der Waals surface area contributed by atoms with Crippen molar-refractivity contribution in [3.8, 4) is 6.07 Å². The summed E-state index contributed by atoms with van der Waals surface area (Å²) in [6.45, 7) is 4.04. The number of aryl methyl sites for hydroxylation is 1. The first-order valence-electron chi connectivity index (χ1n) is 7.77. The molecule has 22 heavy (non-hydrogen) atoms. The fourth-order valence-electron chi connectivity index (χ4n) is 3.25. The Hall–Kier alpha value is -2.42. The van der Waals surface area contributed by atoms with Crippen molar-refractivity contribution in [3.63, 3.8) is 0 Å². The van der Waals surface area contributed by atoms with Crippen molar-refractivity contribution in [3.05, 3.63) is 35.3 Å². The van der Waals surface area contributed by atoms with Crippen molar-refractivity contribution >= 4 is 5.82 Å². The third-order valence-electron chi connectivity index (χ3n) is 4.68. The van der Waals surface area contributed by atoms with Gasteiger partial charge in [-0.3, -0.25) is 4.68 Å². The van der Waals surface area contributed by atoms with Gasteiger partial charge in [-0.05, 0) is 36.8 Å². The number of nitriles is 1. The Morgan fingerprint density at radius 1 is 1.32 bits per heavy atom. The molecule has 0 N–H and O–H groups in total. The minimum atomic E-state index is 0.318. The second-order valence-electron chi connectivity index (χ2n) is 6.40. The summed E-state index contributed by atoms with van der Waals surface area (Å²) in [5, 5.41) is 21.9. The molecule has 1 aliphatic carbocycles. The van der Waals surface area contributed by atoms with Crippen molar-refractivity contribution in [2.45, 2.75) is 32.2 Å². The predicted molar refractivity (Wildman–Crippen MR) is 81.4 cm³/mol. The molecule has 0 saturated carbocycles. The monoisotopic (exact) mass is 294 g/mol. The molecular weight excluding hydrogens is 276 g/mol. The maximum absolute atomic E-state index is 8.86. The zero-order valence-electron chi connectivity index (χ0n) is 12.6. The summed E-state index contributed by atoms with van der Waals surface area (Å²) in [4.78, 5) is 2.23. The number of hydrogen-bond acceptors (Lipinski definition) is 5. The Balaban J connectivity index is 1.46. The van der Waals surface area contributed by atoms with E-state index in [-0.39, 0.29) is 0 Å². The fraction of sp³-hybridized carbons (Fsp3) is 0.500. The van der Waals surface area contributed by atoms with Crippen molar-refractivity contribution in [2.75, 3.05) is 18.0 Å². The summed E-state index contributed by atoms with van der Waals surface area (Å²) >= 11 is 0. The highest BCUT2D eigenvalue weighted by atomic mass is 15.4. The molecule has 2 aliphatic rings.